The topological polar surface area (TPSA) is 66.5 Å². The molecule has 3 atom stereocenters. The van der Waals surface area contributed by atoms with E-state index in [1.165, 1.54) is 12.8 Å². The van der Waals surface area contributed by atoms with Crippen molar-refractivity contribution in [1.29, 1.82) is 0 Å². The molecule has 1 aliphatic carbocycles. The third-order valence-electron chi connectivity index (χ3n) is 3.35. The molecule has 0 aromatic carbocycles. The van der Waals surface area contributed by atoms with Crippen molar-refractivity contribution in [1.82, 2.24) is 0 Å². The maximum atomic E-state index is 9.71. The van der Waals surface area contributed by atoms with E-state index in [0.29, 0.717) is 18.4 Å². The summed E-state index contributed by atoms with van der Waals surface area (Å²) in [4.78, 5) is 0. The van der Waals surface area contributed by atoms with Crippen molar-refractivity contribution in [2.24, 2.45) is 23.5 Å². The summed E-state index contributed by atoms with van der Waals surface area (Å²) < 4.78 is 0. The molecule has 4 N–H and O–H groups in total. The highest BCUT2D eigenvalue weighted by Gasteiger charge is 2.28. The van der Waals surface area contributed by atoms with Gasteiger partial charge in [-0.2, -0.15) is 0 Å². The molecular weight excluding hydrogens is 202 g/mol. The normalized spacial score (nSPS) is 29.8. The van der Waals surface area contributed by atoms with Crippen LogP contribution in [0.25, 0.3) is 0 Å². The lowest BCUT2D eigenvalue weighted by Gasteiger charge is -2.33. The first-order chi connectivity index (χ1) is 7.52. The summed E-state index contributed by atoms with van der Waals surface area (Å²) in [5.74, 6) is 1.95. The smallest absolute Gasteiger partial charge is 0.0573 e. The predicted molar refractivity (Wildman–Crippen MR) is 68.1 cm³/mol. The third kappa shape index (κ3) is 6.46. The van der Waals surface area contributed by atoms with Crippen molar-refractivity contribution in [2.45, 2.75) is 52.6 Å². The van der Waals surface area contributed by atoms with Crippen molar-refractivity contribution >= 4 is 0 Å². The molecule has 0 radical (unpaired) electrons. The first-order valence-corrected chi connectivity index (χ1v) is 6.51. The molecule has 1 saturated carbocycles. The molecule has 3 unspecified atom stereocenters. The van der Waals surface area contributed by atoms with Gasteiger partial charge < -0.3 is 15.9 Å². The quantitative estimate of drug-likeness (QED) is 0.693. The molecule has 1 rings (SSSR count). The van der Waals surface area contributed by atoms with Gasteiger partial charge in [-0.3, -0.25) is 0 Å². The molecule has 0 aromatic rings. The fourth-order valence-electron chi connectivity index (χ4n) is 2.24. The number of nitrogens with two attached hydrogens (primary N) is 1. The highest BCUT2D eigenvalue weighted by atomic mass is 16.3. The highest BCUT2D eigenvalue weighted by Crippen LogP contribution is 2.33. The van der Waals surface area contributed by atoms with Crippen LogP contribution < -0.4 is 5.73 Å². The average Bonchev–Trinajstić information content (AvgIpc) is 2.19. The van der Waals surface area contributed by atoms with Crippen LogP contribution in [0.2, 0.25) is 0 Å². The van der Waals surface area contributed by atoms with Gasteiger partial charge >= 0.3 is 0 Å². The van der Waals surface area contributed by atoms with Crippen molar-refractivity contribution in [2.75, 3.05) is 13.2 Å². The Morgan fingerprint density at radius 1 is 1.31 bits per heavy atom. The molecule has 16 heavy (non-hydrogen) atoms. The Labute approximate surface area is 100 Å². The van der Waals surface area contributed by atoms with Crippen LogP contribution in [0.1, 0.15) is 46.5 Å². The molecule has 98 valence electrons. The van der Waals surface area contributed by atoms with E-state index in [1.807, 2.05) is 0 Å². The lowest BCUT2D eigenvalue weighted by molar-refractivity contribution is 0.0266. The maximum absolute atomic E-state index is 9.71. The average molecular weight is 231 g/mol. The number of hydrogen-bond donors (Lipinski definition) is 3. The molecule has 0 spiro atoms. The molecule has 0 amide bonds. The minimum absolute atomic E-state index is 0.0289. The van der Waals surface area contributed by atoms with Crippen LogP contribution in [0.4, 0.5) is 0 Å². The van der Waals surface area contributed by atoms with E-state index in [0.717, 1.165) is 18.8 Å². The Balaban J connectivity index is 0.000000385. The fraction of sp³-hybridized carbons (Fsp3) is 1.00. The minimum Gasteiger partial charge on any atom is -0.396 e. The second-order valence-electron chi connectivity index (χ2n) is 5.26. The SMILES string of the molecule is CC1CCC(C(C)C)C(O)C1.NCCCO. The lowest BCUT2D eigenvalue weighted by Crippen LogP contribution is -2.31. The second-order valence-corrected chi connectivity index (χ2v) is 5.26. The van der Waals surface area contributed by atoms with E-state index in [-0.39, 0.29) is 12.7 Å². The molecule has 3 heteroatoms. The van der Waals surface area contributed by atoms with Crippen LogP contribution in [0.5, 0.6) is 0 Å². The van der Waals surface area contributed by atoms with Crippen LogP contribution in [0, 0.1) is 17.8 Å². The van der Waals surface area contributed by atoms with Crippen LogP contribution in [0.3, 0.4) is 0 Å². The van der Waals surface area contributed by atoms with Crippen LogP contribution in [0.15, 0.2) is 0 Å². The zero-order valence-electron chi connectivity index (χ0n) is 11.0. The van der Waals surface area contributed by atoms with E-state index in [9.17, 15) is 5.11 Å². The molecular formula is C13H29NO2. The Morgan fingerprint density at radius 2 is 1.94 bits per heavy atom. The van der Waals surface area contributed by atoms with Gasteiger partial charge in [0.2, 0.25) is 0 Å². The second kappa shape index (κ2) is 8.97. The minimum atomic E-state index is -0.0289. The largest absolute Gasteiger partial charge is 0.396 e. The van der Waals surface area contributed by atoms with Crippen molar-refractivity contribution in [3.8, 4) is 0 Å². The monoisotopic (exact) mass is 231 g/mol. The molecule has 0 bridgehead atoms. The van der Waals surface area contributed by atoms with E-state index >= 15 is 0 Å². The highest BCUT2D eigenvalue weighted by molar-refractivity contribution is 4.79. The molecule has 0 aromatic heterocycles. The Bertz CT molecular complexity index is 160. The van der Waals surface area contributed by atoms with E-state index in [2.05, 4.69) is 20.8 Å². The zero-order chi connectivity index (χ0) is 12.6. The standard InChI is InChI=1S/C10H20O.C3H9NO/c1-7(2)9-5-4-8(3)6-10(9)11;4-2-1-3-5/h7-11H,4-6H2,1-3H3;5H,1-4H2. The van der Waals surface area contributed by atoms with Crippen LogP contribution in [-0.4, -0.2) is 29.5 Å². The Morgan fingerprint density at radius 3 is 2.25 bits per heavy atom. The molecule has 0 heterocycles. The Kier molecular flexibility index (Phi) is 8.90. The number of rotatable bonds is 3. The van der Waals surface area contributed by atoms with Crippen LogP contribution in [-0.2, 0) is 0 Å². The number of aliphatic hydroxyl groups is 2. The van der Waals surface area contributed by atoms with Gasteiger partial charge in [0.15, 0.2) is 0 Å². The van der Waals surface area contributed by atoms with Crippen LogP contribution >= 0.6 is 0 Å². The van der Waals surface area contributed by atoms with Crippen molar-refractivity contribution in [3.05, 3.63) is 0 Å². The third-order valence-corrected chi connectivity index (χ3v) is 3.35. The summed E-state index contributed by atoms with van der Waals surface area (Å²) in [5.41, 5.74) is 4.98. The van der Waals surface area contributed by atoms with Gasteiger partial charge in [-0.15, -0.1) is 0 Å². The molecule has 1 aliphatic rings. The first-order valence-electron chi connectivity index (χ1n) is 6.51. The van der Waals surface area contributed by atoms with Gasteiger partial charge in [0.1, 0.15) is 0 Å². The summed E-state index contributed by atoms with van der Waals surface area (Å²) in [7, 11) is 0. The van der Waals surface area contributed by atoms with E-state index in [4.69, 9.17) is 10.8 Å². The molecule has 1 fully saturated rings. The first kappa shape index (κ1) is 15.9. The van der Waals surface area contributed by atoms with E-state index in [1.54, 1.807) is 0 Å². The Hall–Kier alpha value is -0.120. The molecule has 0 saturated heterocycles. The van der Waals surface area contributed by atoms with Gasteiger partial charge in [-0.05, 0) is 43.6 Å². The lowest BCUT2D eigenvalue weighted by atomic mass is 9.75. The van der Waals surface area contributed by atoms with Gasteiger partial charge in [-0.25, -0.2) is 0 Å². The van der Waals surface area contributed by atoms with Gasteiger partial charge in [0, 0.05) is 6.61 Å². The molecule has 0 aliphatic heterocycles. The van der Waals surface area contributed by atoms with Gasteiger partial charge in [-0.1, -0.05) is 27.2 Å². The van der Waals surface area contributed by atoms with E-state index < -0.39 is 0 Å². The summed E-state index contributed by atoms with van der Waals surface area (Å²) in [6.45, 7) is 7.47. The maximum Gasteiger partial charge on any atom is 0.0573 e. The number of aliphatic hydroxyl groups excluding tert-OH is 2. The molecule has 3 nitrogen and oxygen atoms in total. The fourth-order valence-corrected chi connectivity index (χ4v) is 2.24. The van der Waals surface area contributed by atoms with Gasteiger partial charge in [0.25, 0.3) is 0 Å². The van der Waals surface area contributed by atoms with Crippen molar-refractivity contribution < 1.29 is 10.2 Å². The summed E-state index contributed by atoms with van der Waals surface area (Å²) in [6, 6.07) is 0. The summed E-state index contributed by atoms with van der Waals surface area (Å²) in [5, 5.41) is 17.7. The summed E-state index contributed by atoms with van der Waals surface area (Å²) in [6.07, 6.45) is 4.24. The number of hydrogen-bond acceptors (Lipinski definition) is 3. The summed E-state index contributed by atoms with van der Waals surface area (Å²) >= 11 is 0. The van der Waals surface area contributed by atoms with Crippen molar-refractivity contribution in [3.63, 3.8) is 0 Å². The predicted octanol–water partition coefficient (Wildman–Crippen LogP) is 1.77. The van der Waals surface area contributed by atoms with Gasteiger partial charge in [0.05, 0.1) is 6.10 Å². The zero-order valence-corrected chi connectivity index (χ0v) is 11.0.